The summed E-state index contributed by atoms with van der Waals surface area (Å²) in [5, 5.41) is 14.2. The van der Waals surface area contributed by atoms with E-state index in [4.69, 9.17) is 4.42 Å². The van der Waals surface area contributed by atoms with Crippen LogP contribution in [-0.4, -0.2) is 32.5 Å². The molecular formula is C24H23N5O3S. The third-order valence-corrected chi connectivity index (χ3v) is 5.75. The van der Waals surface area contributed by atoms with Crippen LogP contribution in [-0.2, 0) is 11.3 Å². The molecule has 0 bridgehead atoms. The van der Waals surface area contributed by atoms with Crippen molar-refractivity contribution in [1.29, 1.82) is 0 Å². The number of nitrogens with zero attached hydrogens (tertiary/aromatic N) is 3. The fourth-order valence-corrected chi connectivity index (χ4v) is 3.85. The van der Waals surface area contributed by atoms with Gasteiger partial charge in [-0.1, -0.05) is 59.3 Å². The number of aromatic nitrogens is 3. The molecule has 2 aromatic heterocycles. The molecule has 0 fully saturated rings. The Hall–Kier alpha value is -3.85. The monoisotopic (exact) mass is 461 g/mol. The van der Waals surface area contributed by atoms with Crippen LogP contribution in [0, 0.1) is 13.8 Å². The average molecular weight is 462 g/mol. The van der Waals surface area contributed by atoms with Gasteiger partial charge >= 0.3 is 6.03 Å². The second kappa shape index (κ2) is 10.2. The third kappa shape index (κ3) is 5.69. The van der Waals surface area contributed by atoms with E-state index in [0.29, 0.717) is 16.7 Å². The van der Waals surface area contributed by atoms with E-state index < -0.39 is 11.9 Å². The van der Waals surface area contributed by atoms with Gasteiger partial charge in [-0.2, -0.15) is 0 Å². The maximum absolute atomic E-state index is 12.3. The zero-order valence-electron chi connectivity index (χ0n) is 18.2. The molecule has 2 heterocycles. The molecule has 3 amide bonds. The highest BCUT2D eigenvalue weighted by Crippen LogP contribution is 2.28. The molecule has 9 heteroatoms. The highest BCUT2D eigenvalue weighted by atomic mass is 32.2. The number of hydrogen-bond acceptors (Lipinski definition) is 6. The highest BCUT2D eigenvalue weighted by molar-refractivity contribution is 7.99. The van der Waals surface area contributed by atoms with Crippen LogP contribution in [0.4, 0.5) is 4.79 Å². The molecule has 4 aromatic rings. The molecule has 0 spiro atoms. The lowest BCUT2D eigenvalue weighted by molar-refractivity contribution is -0.117. The molecule has 0 unspecified atom stereocenters. The maximum atomic E-state index is 12.3. The molecule has 0 aliphatic heterocycles. The summed E-state index contributed by atoms with van der Waals surface area (Å²) in [6, 6.07) is 18.9. The summed E-state index contributed by atoms with van der Waals surface area (Å²) >= 11 is 1.21. The third-order valence-electron chi connectivity index (χ3n) is 4.82. The minimum atomic E-state index is -0.586. The van der Waals surface area contributed by atoms with Crippen LogP contribution in [0.3, 0.4) is 0 Å². The zero-order valence-corrected chi connectivity index (χ0v) is 19.1. The SMILES string of the molecule is Cc1ccc(-c2nnc(SCC(=O)NC(=O)NCc3ccco3)n2-c2ccc(C)cc2)cc1. The molecule has 4 rings (SSSR count). The lowest BCUT2D eigenvalue weighted by Gasteiger charge is -2.11. The fourth-order valence-electron chi connectivity index (χ4n) is 3.10. The standard InChI is InChI=1S/C24H23N5O3S/c1-16-5-9-18(10-6-16)22-27-28-24(29(22)19-11-7-17(2)8-12-19)33-15-21(30)26-23(31)25-14-20-4-3-13-32-20/h3-13H,14-15H2,1-2H3,(H2,25,26,30,31). The Labute approximate surface area is 195 Å². The number of benzene rings is 2. The van der Waals surface area contributed by atoms with Crippen molar-refractivity contribution in [2.75, 3.05) is 5.75 Å². The van der Waals surface area contributed by atoms with Gasteiger partial charge in [0.05, 0.1) is 18.6 Å². The number of urea groups is 1. The van der Waals surface area contributed by atoms with Crippen molar-refractivity contribution in [3.05, 3.63) is 83.8 Å². The summed E-state index contributed by atoms with van der Waals surface area (Å²) in [5.41, 5.74) is 4.09. The summed E-state index contributed by atoms with van der Waals surface area (Å²) in [6.45, 7) is 4.24. The van der Waals surface area contributed by atoms with Gasteiger partial charge in [0.1, 0.15) is 5.76 Å². The van der Waals surface area contributed by atoms with Gasteiger partial charge in [0.15, 0.2) is 11.0 Å². The Morgan fingerprint density at radius 3 is 2.33 bits per heavy atom. The van der Waals surface area contributed by atoms with E-state index in [2.05, 4.69) is 20.8 Å². The molecule has 2 N–H and O–H groups in total. The van der Waals surface area contributed by atoms with Gasteiger partial charge in [-0.3, -0.25) is 14.7 Å². The van der Waals surface area contributed by atoms with Crippen LogP contribution < -0.4 is 10.6 Å². The summed E-state index contributed by atoms with van der Waals surface area (Å²) < 4.78 is 7.07. The number of carbonyl (C=O) groups is 2. The van der Waals surface area contributed by atoms with Crippen molar-refractivity contribution < 1.29 is 14.0 Å². The minimum absolute atomic E-state index is 0.00602. The number of amides is 3. The van der Waals surface area contributed by atoms with Gasteiger partial charge in [-0.15, -0.1) is 10.2 Å². The van der Waals surface area contributed by atoms with E-state index in [1.165, 1.54) is 18.0 Å². The molecule has 0 aliphatic carbocycles. The van der Waals surface area contributed by atoms with Crippen LogP contribution in [0.25, 0.3) is 17.1 Å². The van der Waals surface area contributed by atoms with Crippen LogP contribution in [0.2, 0.25) is 0 Å². The van der Waals surface area contributed by atoms with E-state index in [9.17, 15) is 9.59 Å². The second-order valence-electron chi connectivity index (χ2n) is 7.44. The fraction of sp³-hybridized carbons (Fsp3) is 0.167. The van der Waals surface area contributed by atoms with Gasteiger partial charge in [-0.05, 0) is 38.1 Å². The minimum Gasteiger partial charge on any atom is -0.467 e. The molecule has 33 heavy (non-hydrogen) atoms. The number of imide groups is 1. The maximum Gasteiger partial charge on any atom is 0.321 e. The van der Waals surface area contributed by atoms with E-state index >= 15 is 0 Å². The van der Waals surface area contributed by atoms with Crippen molar-refractivity contribution >= 4 is 23.7 Å². The molecule has 8 nitrogen and oxygen atoms in total. The predicted molar refractivity (Wildman–Crippen MR) is 126 cm³/mol. The summed E-state index contributed by atoms with van der Waals surface area (Å²) in [4.78, 5) is 24.3. The first-order valence-electron chi connectivity index (χ1n) is 10.3. The Morgan fingerprint density at radius 1 is 0.970 bits per heavy atom. The Balaban J connectivity index is 1.47. The summed E-state index contributed by atoms with van der Waals surface area (Å²) in [6.07, 6.45) is 1.52. The molecular weight excluding hydrogens is 438 g/mol. The van der Waals surface area contributed by atoms with E-state index in [1.54, 1.807) is 12.1 Å². The smallest absolute Gasteiger partial charge is 0.321 e. The van der Waals surface area contributed by atoms with Gasteiger partial charge in [0.25, 0.3) is 0 Å². The number of thioether (sulfide) groups is 1. The van der Waals surface area contributed by atoms with Crippen LogP contribution >= 0.6 is 11.8 Å². The first-order valence-corrected chi connectivity index (χ1v) is 11.3. The Morgan fingerprint density at radius 2 is 1.67 bits per heavy atom. The van der Waals surface area contributed by atoms with Crippen molar-refractivity contribution in [1.82, 2.24) is 25.4 Å². The molecule has 0 saturated carbocycles. The number of rotatable bonds is 7. The van der Waals surface area contributed by atoms with Crippen molar-refractivity contribution in [2.45, 2.75) is 25.5 Å². The van der Waals surface area contributed by atoms with Crippen LogP contribution in [0.15, 0.2) is 76.5 Å². The van der Waals surface area contributed by atoms with Gasteiger partial charge in [-0.25, -0.2) is 4.79 Å². The first kappa shape index (κ1) is 22.3. The van der Waals surface area contributed by atoms with Crippen molar-refractivity contribution in [2.24, 2.45) is 0 Å². The molecule has 168 valence electrons. The first-order chi connectivity index (χ1) is 16.0. The molecule has 2 aromatic carbocycles. The number of carbonyl (C=O) groups excluding carboxylic acids is 2. The largest absolute Gasteiger partial charge is 0.467 e. The molecule has 0 atom stereocenters. The highest BCUT2D eigenvalue weighted by Gasteiger charge is 2.18. The van der Waals surface area contributed by atoms with E-state index in [1.807, 2.05) is 66.9 Å². The van der Waals surface area contributed by atoms with Gasteiger partial charge < -0.3 is 9.73 Å². The Kier molecular flexibility index (Phi) is 6.89. The molecule has 0 saturated heterocycles. The number of nitrogens with one attached hydrogen (secondary N) is 2. The number of furan rings is 1. The topological polar surface area (TPSA) is 102 Å². The van der Waals surface area contributed by atoms with E-state index in [-0.39, 0.29) is 12.3 Å². The zero-order chi connectivity index (χ0) is 23.2. The van der Waals surface area contributed by atoms with Crippen LogP contribution in [0.1, 0.15) is 16.9 Å². The normalized spacial score (nSPS) is 10.7. The summed E-state index contributed by atoms with van der Waals surface area (Å²) in [7, 11) is 0. The van der Waals surface area contributed by atoms with Crippen molar-refractivity contribution in [3.63, 3.8) is 0 Å². The quantitative estimate of drug-likeness (QED) is 0.399. The predicted octanol–water partition coefficient (Wildman–Crippen LogP) is 4.26. The lowest BCUT2D eigenvalue weighted by Crippen LogP contribution is -2.39. The summed E-state index contributed by atoms with van der Waals surface area (Å²) in [5.74, 6) is 0.846. The van der Waals surface area contributed by atoms with E-state index in [0.717, 1.165) is 22.4 Å². The number of hydrogen-bond donors (Lipinski definition) is 2. The second-order valence-corrected chi connectivity index (χ2v) is 8.38. The molecule has 0 radical (unpaired) electrons. The van der Waals surface area contributed by atoms with Crippen molar-refractivity contribution in [3.8, 4) is 17.1 Å². The van der Waals surface area contributed by atoms with Crippen LogP contribution in [0.5, 0.6) is 0 Å². The molecule has 0 aliphatic rings. The van der Waals surface area contributed by atoms with Gasteiger partial charge in [0.2, 0.25) is 5.91 Å². The van der Waals surface area contributed by atoms with Gasteiger partial charge in [0, 0.05) is 11.3 Å². The number of aryl methyl sites for hydroxylation is 2. The Bertz CT molecular complexity index is 1230. The lowest BCUT2D eigenvalue weighted by atomic mass is 10.1. The average Bonchev–Trinajstić information content (AvgIpc) is 3.47.